The summed E-state index contributed by atoms with van der Waals surface area (Å²) >= 11 is 0. The molecule has 0 aliphatic heterocycles. The second-order valence-corrected chi connectivity index (χ2v) is 3.55. The van der Waals surface area contributed by atoms with E-state index in [-0.39, 0.29) is 11.5 Å². The SMILES string of the molecule is C=Cc1cnc(C(C)C)cc1C(F)(F)F. The maximum absolute atomic E-state index is 12.6. The van der Waals surface area contributed by atoms with Crippen LogP contribution >= 0.6 is 0 Å². The summed E-state index contributed by atoms with van der Waals surface area (Å²) in [6.07, 6.45) is -1.97. The molecule has 1 aromatic heterocycles. The van der Waals surface area contributed by atoms with E-state index in [9.17, 15) is 13.2 Å². The van der Waals surface area contributed by atoms with Gasteiger partial charge in [-0.2, -0.15) is 13.2 Å². The van der Waals surface area contributed by atoms with Gasteiger partial charge in [-0.25, -0.2) is 0 Å². The van der Waals surface area contributed by atoms with Gasteiger partial charge in [0.2, 0.25) is 0 Å². The minimum atomic E-state index is -4.35. The van der Waals surface area contributed by atoms with E-state index in [2.05, 4.69) is 11.6 Å². The lowest BCUT2D eigenvalue weighted by Gasteiger charge is -2.13. The summed E-state index contributed by atoms with van der Waals surface area (Å²) in [5, 5.41) is 0. The van der Waals surface area contributed by atoms with Crippen LogP contribution in [0.15, 0.2) is 18.8 Å². The quantitative estimate of drug-likeness (QED) is 0.729. The van der Waals surface area contributed by atoms with Gasteiger partial charge in [0.05, 0.1) is 5.56 Å². The molecule has 0 spiro atoms. The van der Waals surface area contributed by atoms with Gasteiger partial charge >= 0.3 is 6.18 Å². The van der Waals surface area contributed by atoms with Crippen LogP contribution in [0.2, 0.25) is 0 Å². The van der Waals surface area contributed by atoms with Crippen molar-refractivity contribution in [1.82, 2.24) is 4.98 Å². The molecule has 0 fully saturated rings. The number of hydrogen-bond acceptors (Lipinski definition) is 1. The van der Waals surface area contributed by atoms with E-state index in [1.165, 1.54) is 12.3 Å². The van der Waals surface area contributed by atoms with Crippen molar-refractivity contribution in [3.8, 4) is 0 Å². The van der Waals surface area contributed by atoms with Gasteiger partial charge in [-0.3, -0.25) is 4.98 Å². The maximum atomic E-state index is 12.6. The molecule has 0 aromatic carbocycles. The summed E-state index contributed by atoms with van der Waals surface area (Å²) in [7, 11) is 0. The lowest BCUT2D eigenvalue weighted by Crippen LogP contribution is -2.09. The third-order valence-electron chi connectivity index (χ3n) is 2.07. The molecule has 0 bridgehead atoms. The third kappa shape index (κ3) is 2.58. The van der Waals surface area contributed by atoms with Gasteiger partial charge in [0.15, 0.2) is 0 Å². The predicted molar refractivity (Wildman–Crippen MR) is 53.4 cm³/mol. The maximum Gasteiger partial charge on any atom is 0.417 e. The highest BCUT2D eigenvalue weighted by Crippen LogP contribution is 2.33. The zero-order chi connectivity index (χ0) is 11.6. The molecule has 4 heteroatoms. The molecular formula is C11H12F3N. The highest BCUT2D eigenvalue weighted by Gasteiger charge is 2.33. The Labute approximate surface area is 86.6 Å². The van der Waals surface area contributed by atoms with Gasteiger partial charge in [-0.05, 0) is 12.0 Å². The monoisotopic (exact) mass is 215 g/mol. The van der Waals surface area contributed by atoms with Crippen LogP contribution in [0.5, 0.6) is 0 Å². The molecule has 82 valence electrons. The van der Waals surface area contributed by atoms with Crippen LogP contribution < -0.4 is 0 Å². The van der Waals surface area contributed by atoms with Crippen LogP contribution in [0, 0.1) is 0 Å². The topological polar surface area (TPSA) is 12.9 Å². The van der Waals surface area contributed by atoms with Gasteiger partial charge in [-0.15, -0.1) is 0 Å². The van der Waals surface area contributed by atoms with Crippen LogP contribution in [0.1, 0.15) is 36.6 Å². The Morgan fingerprint density at radius 3 is 2.40 bits per heavy atom. The number of aromatic nitrogens is 1. The lowest BCUT2D eigenvalue weighted by atomic mass is 10.0. The fourth-order valence-electron chi connectivity index (χ4n) is 1.21. The Hall–Kier alpha value is -1.32. The molecule has 0 aliphatic rings. The molecule has 1 heterocycles. The van der Waals surface area contributed by atoms with Crippen LogP contribution in [0.4, 0.5) is 13.2 Å². The Morgan fingerprint density at radius 2 is 2.00 bits per heavy atom. The second kappa shape index (κ2) is 4.04. The van der Waals surface area contributed by atoms with Crippen molar-refractivity contribution in [2.45, 2.75) is 25.9 Å². The number of rotatable bonds is 2. The average molecular weight is 215 g/mol. The molecular weight excluding hydrogens is 203 g/mol. The van der Waals surface area contributed by atoms with E-state index >= 15 is 0 Å². The fourth-order valence-corrected chi connectivity index (χ4v) is 1.21. The fraction of sp³-hybridized carbons (Fsp3) is 0.364. The number of pyridine rings is 1. The lowest BCUT2D eigenvalue weighted by molar-refractivity contribution is -0.137. The molecule has 1 aromatic rings. The van der Waals surface area contributed by atoms with Crippen LogP contribution in [0.25, 0.3) is 6.08 Å². The van der Waals surface area contributed by atoms with Gasteiger partial charge in [0.1, 0.15) is 0 Å². The second-order valence-electron chi connectivity index (χ2n) is 3.55. The summed E-state index contributed by atoms with van der Waals surface area (Å²) in [4.78, 5) is 3.95. The van der Waals surface area contributed by atoms with Crippen molar-refractivity contribution in [2.24, 2.45) is 0 Å². The number of nitrogens with zero attached hydrogens (tertiary/aromatic N) is 1. The Balaban J connectivity index is 3.32. The summed E-state index contributed by atoms with van der Waals surface area (Å²) < 4.78 is 37.8. The van der Waals surface area contributed by atoms with Crippen molar-refractivity contribution in [3.05, 3.63) is 35.7 Å². The first kappa shape index (κ1) is 11.8. The summed E-state index contributed by atoms with van der Waals surface area (Å²) in [6.45, 7) is 6.94. The van der Waals surface area contributed by atoms with Crippen LogP contribution in [-0.4, -0.2) is 4.98 Å². The molecule has 15 heavy (non-hydrogen) atoms. The number of alkyl halides is 3. The average Bonchev–Trinajstić information content (AvgIpc) is 2.15. The zero-order valence-electron chi connectivity index (χ0n) is 8.60. The van der Waals surface area contributed by atoms with Crippen LogP contribution in [0.3, 0.4) is 0 Å². The highest BCUT2D eigenvalue weighted by molar-refractivity contribution is 5.52. The van der Waals surface area contributed by atoms with E-state index < -0.39 is 11.7 Å². The predicted octanol–water partition coefficient (Wildman–Crippen LogP) is 3.87. The molecule has 0 unspecified atom stereocenters. The van der Waals surface area contributed by atoms with Crippen molar-refractivity contribution < 1.29 is 13.2 Å². The van der Waals surface area contributed by atoms with Crippen LogP contribution in [-0.2, 0) is 6.18 Å². The van der Waals surface area contributed by atoms with E-state index in [0.29, 0.717) is 5.69 Å². The number of hydrogen-bond donors (Lipinski definition) is 0. The molecule has 1 nitrogen and oxygen atoms in total. The summed E-state index contributed by atoms with van der Waals surface area (Å²) in [6, 6.07) is 1.08. The van der Waals surface area contributed by atoms with Crippen molar-refractivity contribution in [2.75, 3.05) is 0 Å². The van der Waals surface area contributed by atoms with Gasteiger partial charge < -0.3 is 0 Å². The Morgan fingerprint density at radius 1 is 1.40 bits per heavy atom. The molecule has 0 N–H and O–H groups in total. The molecule has 0 radical (unpaired) electrons. The first-order valence-electron chi connectivity index (χ1n) is 4.56. The normalized spacial score (nSPS) is 11.9. The van der Waals surface area contributed by atoms with E-state index in [1.807, 2.05) is 0 Å². The van der Waals surface area contributed by atoms with E-state index in [0.717, 1.165) is 6.07 Å². The summed E-state index contributed by atoms with van der Waals surface area (Å²) in [5.41, 5.74) is -0.212. The smallest absolute Gasteiger partial charge is 0.260 e. The molecule has 1 rings (SSSR count). The van der Waals surface area contributed by atoms with E-state index in [1.54, 1.807) is 13.8 Å². The first-order valence-corrected chi connectivity index (χ1v) is 4.56. The highest BCUT2D eigenvalue weighted by atomic mass is 19.4. The third-order valence-corrected chi connectivity index (χ3v) is 2.07. The molecule has 0 saturated carbocycles. The van der Waals surface area contributed by atoms with Gasteiger partial charge in [0, 0.05) is 17.5 Å². The first-order chi connectivity index (χ1) is 6.86. The van der Waals surface area contributed by atoms with Crippen molar-refractivity contribution >= 4 is 6.08 Å². The zero-order valence-corrected chi connectivity index (χ0v) is 8.60. The van der Waals surface area contributed by atoms with Gasteiger partial charge in [0.25, 0.3) is 0 Å². The van der Waals surface area contributed by atoms with Gasteiger partial charge in [-0.1, -0.05) is 26.5 Å². The molecule has 0 atom stereocenters. The Kier molecular flexibility index (Phi) is 3.17. The van der Waals surface area contributed by atoms with Crippen molar-refractivity contribution in [1.29, 1.82) is 0 Å². The Bertz CT molecular complexity index is 367. The standard InChI is InChI=1S/C11H12F3N/c1-4-8-6-15-10(7(2)3)5-9(8)11(12,13)14/h4-7H,1H2,2-3H3. The van der Waals surface area contributed by atoms with E-state index in [4.69, 9.17) is 0 Å². The number of halogens is 3. The summed E-state index contributed by atoms with van der Waals surface area (Å²) in [5.74, 6) is -0.0232. The van der Waals surface area contributed by atoms with Crippen molar-refractivity contribution in [3.63, 3.8) is 0 Å². The molecule has 0 amide bonds. The minimum absolute atomic E-state index is 0.0203. The largest absolute Gasteiger partial charge is 0.417 e. The molecule has 0 aliphatic carbocycles. The minimum Gasteiger partial charge on any atom is -0.260 e. The molecule has 0 saturated heterocycles.